The lowest BCUT2D eigenvalue weighted by atomic mass is 10.1. The van der Waals surface area contributed by atoms with Crippen molar-refractivity contribution in [3.05, 3.63) is 0 Å². The topological polar surface area (TPSA) is 61.0 Å². The van der Waals surface area contributed by atoms with Crippen LogP contribution in [0.15, 0.2) is 0 Å². The summed E-state index contributed by atoms with van der Waals surface area (Å²) in [5, 5.41) is 7.23. The maximum Gasteiger partial charge on any atom is 0.324 e. The van der Waals surface area contributed by atoms with Crippen molar-refractivity contribution in [3.63, 3.8) is 0 Å². The minimum Gasteiger partial charge on any atom is -0.397 e. The van der Waals surface area contributed by atoms with Crippen LogP contribution in [0, 0.1) is 0 Å². The molecule has 6 nitrogen and oxygen atoms in total. The zero-order valence-electron chi connectivity index (χ0n) is 25.1. The van der Waals surface area contributed by atoms with Crippen LogP contribution in [0.25, 0.3) is 0 Å². The first-order valence-corrected chi connectivity index (χ1v) is 18.7. The summed E-state index contributed by atoms with van der Waals surface area (Å²) in [6.45, 7) is 20.4. The zero-order valence-corrected chi connectivity index (χ0v) is 27.4. The van der Waals surface area contributed by atoms with Crippen molar-refractivity contribution in [1.82, 2.24) is 10.6 Å². The minimum atomic E-state index is -1.48. The van der Waals surface area contributed by atoms with Gasteiger partial charge in [0, 0.05) is 26.4 Å². The maximum atomic E-state index is 5.83. The molecule has 0 aromatic rings. The second kappa shape index (κ2) is 28.2. The third-order valence-electron chi connectivity index (χ3n) is 6.76. The maximum absolute atomic E-state index is 5.83. The van der Waals surface area contributed by atoms with Crippen molar-refractivity contribution in [3.8, 4) is 0 Å². The molecule has 2 atom stereocenters. The first-order valence-electron chi connectivity index (χ1n) is 15.5. The highest BCUT2D eigenvalue weighted by Gasteiger charge is 2.21. The van der Waals surface area contributed by atoms with Crippen LogP contribution in [0.1, 0.15) is 119 Å². The Morgan fingerprint density at radius 3 is 1.00 bits per heavy atom. The predicted molar refractivity (Wildman–Crippen MR) is 161 cm³/mol. The molecule has 2 unspecified atom stereocenters. The molecule has 0 heterocycles. The molecule has 0 spiro atoms. The Morgan fingerprint density at radius 1 is 0.444 bits per heavy atom. The van der Waals surface area contributed by atoms with E-state index in [2.05, 4.69) is 52.2 Å². The van der Waals surface area contributed by atoms with E-state index in [1.807, 2.05) is 0 Å². The summed E-state index contributed by atoms with van der Waals surface area (Å²) in [4.78, 5) is 0. The summed E-state index contributed by atoms with van der Waals surface area (Å²) in [6, 6.07) is 0. The van der Waals surface area contributed by atoms with E-state index in [1.54, 1.807) is 0 Å². The van der Waals surface area contributed by atoms with Gasteiger partial charge in [0.15, 0.2) is 0 Å². The Bertz CT molecular complexity index is 388. The lowest BCUT2D eigenvalue weighted by molar-refractivity contribution is 0.203. The van der Waals surface area contributed by atoms with Crippen molar-refractivity contribution >= 4 is 18.6 Å². The second-order valence-electron chi connectivity index (χ2n) is 10.1. The molecule has 0 radical (unpaired) electrons. The standard InChI is InChI=1S/C28H64N2O4Si2/c1-7-31-35(32-8-2)27(5)21-25-29-23-19-17-15-13-11-12-14-16-18-20-24-30-26-22-28(6)36(33-9-3)34-10-4/h27-30,35-36H,7-26H2,1-6H3. The molecular formula is C28H64N2O4Si2. The van der Waals surface area contributed by atoms with Crippen LogP contribution < -0.4 is 10.6 Å². The Kier molecular flexibility index (Phi) is 28.4. The molecule has 0 rings (SSSR count). The summed E-state index contributed by atoms with van der Waals surface area (Å²) in [5.41, 5.74) is 1.15. The highest BCUT2D eigenvalue weighted by molar-refractivity contribution is 6.46. The van der Waals surface area contributed by atoms with Gasteiger partial charge in [0.25, 0.3) is 0 Å². The van der Waals surface area contributed by atoms with Gasteiger partial charge in [-0.1, -0.05) is 65.2 Å². The molecule has 8 heteroatoms. The van der Waals surface area contributed by atoms with Crippen LogP contribution in [0.2, 0.25) is 11.1 Å². The van der Waals surface area contributed by atoms with Gasteiger partial charge in [-0.15, -0.1) is 0 Å². The van der Waals surface area contributed by atoms with Crippen LogP contribution in [-0.2, 0) is 17.7 Å². The lowest BCUT2D eigenvalue weighted by Crippen LogP contribution is -2.30. The SMILES string of the molecule is CCO[SiH](OCC)C(C)CCNCCCCCCCCCCCCNCCC(C)[SiH](OCC)OCC. The average Bonchev–Trinajstić information content (AvgIpc) is 2.87. The molecule has 0 saturated heterocycles. The Morgan fingerprint density at radius 2 is 0.722 bits per heavy atom. The molecule has 0 aromatic heterocycles. The third-order valence-corrected chi connectivity index (χ3v) is 11.9. The quantitative estimate of drug-likeness (QED) is 0.0855. The molecule has 0 aromatic carbocycles. The van der Waals surface area contributed by atoms with E-state index in [1.165, 1.54) is 64.2 Å². The smallest absolute Gasteiger partial charge is 0.324 e. The summed E-state index contributed by atoms with van der Waals surface area (Å²) in [5.74, 6) is 0. The van der Waals surface area contributed by atoms with Crippen molar-refractivity contribution in [2.75, 3.05) is 52.6 Å². The van der Waals surface area contributed by atoms with E-state index in [4.69, 9.17) is 17.7 Å². The molecule has 0 fully saturated rings. The zero-order chi connectivity index (χ0) is 26.7. The van der Waals surface area contributed by atoms with Gasteiger partial charge < -0.3 is 28.3 Å². The fourth-order valence-electron chi connectivity index (χ4n) is 4.51. The molecular weight excluding hydrogens is 484 g/mol. The molecule has 2 N–H and O–H groups in total. The van der Waals surface area contributed by atoms with Crippen molar-refractivity contribution < 1.29 is 17.7 Å². The summed E-state index contributed by atoms with van der Waals surface area (Å²) in [6.07, 6.45) is 16.1. The fraction of sp³-hybridized carbons (Fsp3) is 1.00. The number of hydrogen-bond acceptors (Lipinski definition) is 6. The first-order chi connectivity index (χ1) is 17.6. The molecule has 0 aliphatic carbocycles. The van der Waals surface area contributed by atoms with Crippen LogP contribution >= 0.6 is 0 Å². The van der Waals surface area contributed by atoms with Crippen LogP contribution in [0.4, 0.5) is 0 Å². The van der Waals surface area contributed by atoms with Gasteiger partial charge in [0.05, 0.1) is 0 Å². The van der Waals surface area contributed by atoms with E-state index in [0.717, 1.165) is 65.4 Å². The van der Waals surface area contributed by atoms with Crippen molar-refractivity contribution in [2.24, 2.45) is 0 Å². The van der Waals surface area contributed by atoms with Crippen molar-refractivity contribution in [2.45, 2.75) is 130 Å². The lowest BCUT2D eigenvalue weighted by Gasteiger charge is -2.21. The molecule has 0 saturated carbocycles. The summed E-state index contributed by atoms with van der Waals surface area (Å²) >= 11 is 0. The normalized spacial score (nSPS) is 13.7. The number of nitrogens with one attached hydrogen (secondary N) is 2. The first kappa shape index (κ1) is 36.2. The Balaban J connectivity index is 3.37. The monoisotopic (exact) mass is 548 g/mol. The van der Waals surface area contributed by atoms with Gasteiger partial charge in [-0.3, -0.25) is 0 Å². The van der Waals surface area contributed by atoms with Crippen LogP contribution in [-0.4, -0.2) is 71.2 Å². The highest BCUT2D eigenvalue weighted by Crippen LogP contribution is 2.17. The molecule has 0 amide bonds. The van der Waals surface area contributed by atoms with Crippen LogP contribution in [0.3, 0.4) is 0 Å². The molecule has 218 valence electrons. The molecule has 0 aliphatic rings. The number of unbranched alkanes of at least 4 members (excludes halogenated alkanes) is 9. The van der Waals surface area contributed by atoms with Gasteiger partial charge in [-0.05, 0) is 90.6 Å². The van der Waals surface area contributed by atoms with E-state index < -0.39 is 18.6 Å². The number of hydrogen-bond donors (Lipinski definition) is 2. The van der Waals surface area contributed by atoms with Gasteiger partial charge in [-0.25, -0.2) is 0 Å². The van der Waals surface area contributed by atoms with E-state index in [-0.39, 0.29) is 0 Å². The van der Waals surface area contributed by atoms with Gasteiger partial charge in [-0.2, -0.15) is 0 Å². The van der Waals surface area contributed by atoms with E-state index in [0.29, 0.717) is 11.1 Å². The highest BCUT2D eigenvalue weighted by atomic mass is 28.3. The summed E-state index contributed by atoms with van der Waals surface area (Å²) in [7, 11) is -2.97. The Hall–Kier alpha value is 0.194. The van der Waals surface area contributed by atoms with E-state index in [9.17, 15) is 0 Å². The fourth-order valence-corrected chi connectivity index (χ4v) is 8.20. The second-order valence-corrected chi connectivity index (χ2v) is 15.2. The Labute approximate surface area is 229 Å². The van der Waals surface area contributed by atoms with E-state index >= 15 is 0 Å². The van der Waals surface area contributed by atoms with Crippen LogP contribution in [0.5, 0.6) is 0 Å². The van der Waals surface area contributed by atoms with Gasteiger partial charge >= 0.3 is 18.6 Å². The molecule has 36 heavy (non-hydrogen) atoms. The molecule has 0 bridgehead atoms. The van der Waals surface area contributed by atoms with Gasteiger partial charge in [0.1, 0.15) is 0 Å². The predicted octanol–water partition coefficient (Wildman–Crippen LogP) is 6.21. The summed E-state index contributed by atoms with van der Waals surface area (Å²) < 4.78 is 23.3. The minimum absolute atomic E-state index is 0.573. The molecule has 0 aliphatic heterocycles. The number of rotatable bonds is 29. The van der Waals surface area contributed by atoms with Gasteiger partial charge in [0.2, 0.25) is 0 Å². The largest absolute Gasteiger partial charge is 0.397 e. The average molecular weight is 549 g/mol. The van der Waals surface area contributed by atoms with Crippen molar-refractivity contribution in [1.29, 1.82) is 0 Å². The third kappa shape index (κ3) is 22.2.